The number of hydroxylamine groups is 2. The zero-order valence-corrected chi connectivity index (χ0v) is 17.8. The summed E-state index contributed by atoms with van der Waals surface area (Å²) in [4.78, 5) is 23.4. The molecule has 4 atom stereocenters. The molecule has 1 aliphatic rings. The molecule has 0 bridgehead atoms. The third-order valence-corrected chi connectivity index (χ3v) is 6.12. The Bertz CT molecular complexity index is 1010. The largest absolute Gasteiger partial charge is 0.465 e. The Morgan fingerprint density at radius 2 is 1.70 bits per heavy atom. The van der Waals surface area contributed by atoms with Crippen molar-refractivity contribution in [3.8, 4) is 0 Å². The Labute approximate surface area is 187 Å². The van der Waals surface area contributed by atoms with Crippen LogP contribution in [0.1, 0.15) is 42.5 Å². The second kappa shape index (κ2) is 9.08. The van der Waals surface area contributed by atoms with Crippen molar-refractivity contribution >= 4 is 11.7 Å². The van der Waals surface area contributed by atoms with Crippen LogP contribution in [0.15, 0.2) is 48.5 Å². The third kappa shape index (κ3) is 4.31. The Hall–Kier alpha value is -3.02. The van der Waals surface area contributed by atoms with Gasteiger partial charge in [-0.15, -0.1) is 0 Å². The molecular weight excluding hydrogens is 445 g/mol. The molecule has 2 N–H and O–H groups in total. The van der Waals surface area contributed by atoms with Crippen LogP contribution in [0.5, 0.6) is 0 Å². The quantitative estimate of drug-likeness (QED) is 0.373. The van der Waals surface area contributed by atoms with Crippen LogP contribution >= 0.6 is 0 Å². The first-order valence-corrected chi connectivity index (χ1v) is 10.1. The van der Waals surface area contributed by atoms with Gasteiger partial charge in [0.05, 0.1) is 23.1 Å². The number of hydrogen-bond acceptors (Lipinski definition) is 7. The first kappa shape index (κ1) is 24.6. The number of halogens is 3. The summed E-state index contributed by atoms with van der Waals surface area (Å²) in [6.07, 6.45) is -4.56. The smallest absolute Gasteiger partial charge is 0.416 e. The van der Waals surface area contributed by atoms with Crippen molar-refractivity contribution in [2.75, 3.05) is 13.2 Å². The van der Waals surface area contributed by atoms with E-state index in [-0.39, 0.29) is 12.3 Å². The number of benzene rings is 2. The zero-order chi connectivity index (χ0) is 24.6. The molecule has 2 aromatic rings. The monoisotopic (exact) mass is 468 g/mol. The van der Waals surface area contributed by atoms with Crippen molar-refractivity contribution in [3.63, 3.8) is 0 Å². The molecule has 0 saturated carbocycles. The Kier molecular flexibility index (Phi) is 6.78. The fourth-order valence-corrected chi connectivity index (χ4v) is 4.55. The molecule has 0 aliphatic carbocycles. The summed E-state index contributed by atoms with van der Waals surface area (Å²) >= 11 is 0. The van der Waals surface area contributed by atoms with Gasteiger partial charge in [-0.05, 0) is 37.1 Å². The standard InChI is InChI=1S/C22H23F3N2O6/c1-3-33-20(29)21(2)18(13-4-8-15(9-5-13)22(23,24)25)17(12-28)19(26(21)30)14-6-10-16(11-7-14)27(31)32/h4-11,17-19,28,30H,3,12H2,1-2H3/t17-,18-,19-,21+/m1/s1. The molecule has 0 aromatic heterocycles. The molecule has 1 aliphatic heterocycles. The van der Waals surface area contributed by atoms with Crippen molar-refractivity contribution in [3.05, 3.63) is 75.3 Å². The highest BCUT2D eigenvalue weighted by atomic mass is 19.4. The van der Waals surface area contributed by atoms with Crippen molar-refractivity contribution in [2.24, 2.45) is 5.92 Å². The van der Waals surface area contributed by atoms with Crippen molar-refractivity contribution in [2.45, 2.75) is 37.5 Å². The number of nitro benzene ring substituents is 1. The van der Waals surface area contributed by atoms with E-state index in [0.29, 0.717) is 11.1 Å². The number of nitrogens with zero attached hydrogens (tertiary/aromatic N) is 2. The van der Waals surface area contributed by atoms with Crippen molar-refractivity contribution in [1.29, 1.82) is 0 Å². The topological polar surface area (TPSA) is 113 Å². The van der Waals surface area contributed by atoms with Gasteiger partial charge in [0.15, 0.2) is 0 Å². The van der Waals surface area contributed by atoms with Gasteiger partial charge in [-0.1, -0.05) is 24.3 Å². The van der Waals surface area contributed by atoms with Gasteiger partial charge in [-0.25, -0.2) is 4.79 Å². The van der Waals surface area contributed by atoms with Crippen molar-refractivity contribution in [1.82, 2.24) is 5.06 Å². The second-order valence-electron chi connectivity index (χ2n) is 7.95. The van der Waals surface area contributed by atoms with Gasteiger partial charge < -0.3 is 15.1 Å². The van der Waals surface area contributed by atoms with Gasteiger partial charge in [0, 0.05) is 30.6 Å². The van der Waals surface area contributed by atoms with E-state index in [1.54, 1.807) is 6.92 Å². The van der Waals surface area contributed by atoms with Crippen LogP contribution in [0.2, 0.25) is 0 Å². The minimum atomic E-state index is -4.56. The lowest BCUT2D eigenvalue weighted by Gasteiger charge is -2.34. The molecule has 3 rings (SSSR count). The van der Waals surface area contributed by atoms with Gasteiger partial charge >= 0.3 is 12.1 Å². The molecule has 11 heteroatoms. The van der Waals surface area contributed by atoms with Gasteiger partial charge in [0.1, 0.15) is 5.54 Å². The number of rotatable bonds is 6. The number of alkyl halides is 3. The predicted octanol–water partition coefficient (Wildman–Crippen LogP) is 4.07. The molecule has 0 spiro atoms. The third-order valence-electron chi connectivity index (χ3n) is 6.12. The van der Waals surface area contributed by atoms with Crippen LogP contribution < -0.4 is 0 Å². The maximum absolute atomic E-state index is 13.0. The fraction of sp³-hybridized carbons (Fsp3) is 0.409. The predicted molar refractivity (Wildman–Crippen MR) is 109 cm³/mol. The van der Waals surface area contributed by atoms with E-state index in [1.165, 1.54) is 43.3 Å². The molecule has 0 amide bonds. The average Bonchev–Trinajstić information content (AvgIpc) is 3.01. The second-order valence-corrected chi connectivity index (χ2v) is 7.95. The van der Waals surface area contributed by atoms with Crippen LogP contribution in [0.3, 0.4) is 0 Å². The highest BCUT2D eigenvalue weighted by Crippen LogP contribution is 2.55. The molecule has 178 valence electrons. The van der Waals surface area contributed by atoms with Gasteiger partial charge in [0.25, 0.3) is 5.69 Å². The molecular formula is C22H23F3N2O6. The first-order chi connectivity index (χ1) is 15.5. The normalized spacial score (nSPS) is 25.7. The molecule has 2 aromatic carbocycles. The molecule has 1 saturated heterocycles. The number of ether oxygens (including phenoxy) is 1. The summed E-state index contributed by atoms with van der Waals surface area (Å²) in [5.41, 5.74) is -2.15. The first-order valence-electron chi connectivity index (χ1n) is 10.1. The van der Waals surface area contributed by atoms with E-state index in [0.717, 1.165) is 17.2 Å². The summed E-state index contributed by atoms with van der Waals surface area (Å²) in [6.45, 7) is 2.43. The Morgan fingerprint density at radius 3 is 2.15 bits per heavy atom. The van der Waals surface area contributed by atoms with Gasteiger partial charge in [-0.3, -0.25) is 10.1 Å². The van der Waals surface area contributed by atoms with Crippen LogP contribution in [-0.2, 0) is 15.7 Å². The molecule has 1 fully saturated rings. The summed E-state index contributed by atoms with van der Waals surface area (Å²) < 4.78 is 44.3. The summed E-state index contributed by atoms with van der Waals surface area (Å²) in [6, 6.07) is 8.42. The van der Waals surface area contributed by atoms with Crippen molar-refractivity contribution < 1.29 is 37.9 Å². The van der Waals surface area contributed by atoms with E-state index in [1.807, 2.05) is 0 Å². The van der Waals surface area contributed by atoms with E-state index in [9.17, 15) is 38.4 Å². The average molecular weight is 468 g/mol. The minimum Gasteiger partial charge on any atom is -0.465 e. The molecule has 0 radical (unpaired) electrons. The lowest BCUT2D eigenvalue weighted by atomic mass is 9.74. The number of carbonyl (C=O) groups excluding carboxylic acids is 1. The van der Waals surface area contributed by atoms with E-state index in [4.69, 9.17) is 4.74 Å². The summed E-state index contributed by atoms with van der Waals surface area (Å²) in [7, 11) is 0. The lowest BCUT2D eigenvalue weighted by Crippen LogP contribution is -2.51. The number of aliphatic hydroxyl groups excluding tert-OH is 1. The fourth-order valence-electron chi connectivity index (χ4n) is 4.55. The number of esters is 1. The maximum Gasteiger partial charge on any atom is 0.416 e. The van der Waals surface area contributed by atoms with E-state index >= 15 is 0 Å². The number of hydrogen-bond donors (Lipinski definition) is 2. The zero-order valence-electron chi connectivity index (χ0n) is 17.8. The highest BCUT2D eigenvalue weighted by Gasteiger charge is 2.62. The Morgan fingerprint density at radius 1 is 1.15 bits per heavy atom. The Balaban J connectivity index is 2.13. The molecule has 33 heavy (non-hydrogen) atoms. The van der Waals surface area contributed by atoms with Crippen LogP contribution in [0.4, 0.5) is 18.9 Å². The number of aliphatic hydroxyl groups is 1. The number of carbonyl (C=O) groups is 1. The summed E-state index contributed by atoms with van der Waals surface area (Å²) in [5, 5.41) is 33.1. The van der Waals surface area contributed by atoms with Crippen LogP contribution in [-0.4, -0.2) is 45.0 Å². The van der Waals surface area contributed by atoms with Crippen LogP contribution in [0, 0.1) is 16.0 Å². The maximum atomic E-state index is 13.0. The number of non-ortho nitro benzene ring substituents is 1. The SMILES string of the molecule is CCOC(=O)[C@]1(C)[C@H](c2ccc(C(F)(F)F)cc2)[C@@H](CO)[C@@H](c2ccc([N+](=O)[O-])cc2)N1O. The summed E-state index contributed by atoms with van der Waals surface area (Å²) in [5.74, 6) is -2.61. The van der Waals surface area contributed by atoms with E-state index < -0.39 is 52.7 Å². The highest BCUT2D eigenvalue weighted by molar-refractivity contribution is 5.82. The molecule has 0 unspecified atom stereocenters. The van der Waals surface area contributed by atoms with E-state index in [2.05, 4.69) is 0 Å². The molecule has 1 heterocycles. The lowest BCUT2D eigenvalue weighted by molar-refractivity contribution is -0.384. The minimum absolute atomic E-state index is 0.00597. The van der Waals surface area contributed by atoms with Gasteiger partial charge in [-0.2, -0.15) is 18.2 Å². The number of nitro groups is 1. The molecule has 8 nitrogen and oxygen atoms in total. The van der Waals surface area contributed by atoms with Gasteiger partial charge in [0.2, 0.25) is 0 Å². The van der Waals surface area contributed by atoms with Crippen LogP contribution in [0.25, 0.3) is 0 Å².